The topological polar surface area (TPSA) is 50.9 Å². The largest absolute Gasteiger partial charge is 0.388 e. The highest BCUT2D eigenvalue weighted by Gasteiger charge is 2.10. The van der Waals surface area contributed by atoms with Crippen LogP contribution in [0, 0.1) is 0 Å². The van der Waals surface area contributed by atoms with Gasteiger partial charge < -0.3 is 5.11 Å². The van der Waals surface area contributed by atoms with Crippen LogP contribution in [0.1, 0.15) is 24.2 Å². The van der Waals surface area contributed by atoms with Gasteiger partial charge in [-0.2, -0.15) is 5.10 Å². The molecule has 0 bridgehead atoms. The fourth-order valence-electron chi connectivity index (χ4n) is 1.58. The molecule has 0 fully saturated rings. The minimum Gasteiger partial charge on any atom is -0.388 e. The summed E-state index contributed by atoms with van der Waals surface area (Å²) in [6.45, 7) is 2.84. The molecule has 0 aliphatic carbocycles. The van der Waals surface area contributed by atoms with Crippen molar-refractivity contribution in [3.05, 3.63) is 48.0 Å². The Bertz CT molecular complexity index is 439. The lowest BCUT2D eigenvalue weighted by Gasteiger charge is -2.07. The summed E-state index contributed by atoms with van der Waals surface area (Å²) in [5, 5.41) is 14.1. The molecule has 0 saturated heterocycles. The molecule has 2 rings (SSSR count). The maximum atomic E-state index is 10.0. The molecule has 1 N–H and O–H groups in total. The van der Waals surface area contributed by atoms with E-state index in [2.05, 4.69) is 10.1 Å². The number of rotatable bonds is 4. The molecule has 2 aromatic heterocycles. The quantitative estimate of drug-likeness (QED) is 0.845. The van der Waals surface area contributed by atoms with Gasteiger partial charge in [-0.3, -0.25) is 9.67 Å². The van der Waals surface area contributed by atoms with Gasteiger partial charge in [0, 0.05) is 37.1 Å². The number of hydrogen-bond acceptors (Lipinski definition) is 3. The standard InChI is InChI=1S/C12H15N3O/c1-2-15-9-11(8-14-15)12(16)6-10-4-3-5-13-7-10/h3-5,7-9,12,16H,2,6H2,1H3. The highest BCUT2D eigenvalue weighted by Crippen LogP contribution is 2.16. The maximum Gasteiger partial charge on any atom is 0.0861 e. The van der Waals surface area contributed by atoms with E-state index in [4.69, 9.17) is 0 Å². The Kier molecular flexibility index (Phi) is 3.31. The van der Waals surface area contributed by atoms with Gasteiger partial charge in [-0.25, -0.2) is 0 Å². The van der Waals surface area contributed by atoms with Crippen LogP contribution in [0.2, 0.25) is 0 Å². The lowest BCUT2D eigenvalue weighted by atomic mass is 10.1. The van der Waals surface area contributed by atoms with Crippen LogP contribution in [0.25, 0.3) is 0 Å². The fourth-order valence-corrected chi connectivity index (χ4v) is 1.58. The second-order valence-corrected chi connectivity index (χ2v) is 3.71. The Morgan fingerprint density at radius 1 is 1.44 bits per heavy atom. The number of nitrogens with zero attached hydrogens (tertiary/aromatic N) is 3. The average Bonchev–Trinajstić information content (AvgIpc) is 2.79. The smallest absolute Gasteiger partial charge is 0.0861 e. The van der Waals surface area contributed by atoms with Crippen molar-refractivity contribution in [2.75, 3.05) is 0 Å². The lowest BCUT2D eigenvalue weighted by Crippen LogP contribution is -2.01. The fraction of sp³-hybridized carbons (Fsp3) is 0.333. The molecule has 0 radical (unpaired) electrons. The highest BCUT2D eigenvalue weighted by atomic mass is 16.3. The molecular formula is C12H15N3O. The van der Waals surface area contributed by atoms with E-state index in [1.54, 1.807) is 18.6 Å². The monoisotopic (exact) mass is 217 g/mol. The summed E-state index contributed by atoms with van der Waals surface area (Å²) >= 11 is 0. The minimum atomic E-state index is -0.510. The molecule has 16 heavy (non-hydrogen) atoms. The first-order valence-electron chi connectivity index (χ1n) is 5.39. The van der Waals surface area contributed by atoms with Crippen molar-refractivity contribution in [3.63, 3.8) is 0 Å². The Balaban J connectivity index is 2.05. The van der Waals surface area contributed by atoms with Crippen LogP contribution in [-0.2, 0) is 13.0 Å². The van der Waals surface area contributed by atoms with E-state index in [0.717, 1.165) is 17.7 Å². The number of aliphatic hydroxyl groups excluding tert-OH is 1. The molecule has 1 atom stereocenters. The first kappa shape index (κ1) is 10.8. The van der Waals surface area contributed by atoms with Gasteiger partial charge in [0.05, 0.1) is 12.3 Å². The van der Waals surface area contributed by atoms with Crippen LogP contribution in [0.3, 0.4) is 0 Å². The molecule has 0 amide bonds. The van der Waals surface area contributed by atoms with Crippen molar-refractivity contribution in [1.82, 2.24) is 14.8 Å². The van der Waals surface area contributed by atoms with E-state index in [9.17, 15) is 5.11 Å². The third-order valence-corrected chi connectivity index (χ3v) is 2.51. The van der Waals surface area contributed by atoms with Crippen LogP contribution in [0.5, 0.6) is 0 Å². The van der Waals surface area contributed by atoms with E-state index in [0.29, 0.717) is 6.42 Å². The Morgan fingerprint density at radius 3 is 2.94 bits per heavy atom. The number of aliphatic hydroxyl groups is 1. The van der Waals surface area contributed by atoms with E-state index in [-0.39, 0.29) is 0 Å². The lowest BCUT2D eigenvalue weighted by molar-refractivity contribution is 0.178. The summed E-state index contributed by atoms with van der Waals surface area (Å²) in [6, 6.07) is 3.83. The molecule has 0 saturated carbocycles. The maximum absolute atomic E-state index is 10.0. The van der Waals surface area contributed by atoms with Crippen molar-refractivity contribution >= 4 is 0 Å². The summed E-state index contributed by atoms with van der Waals surface area (Å²) in [5.41, 5.74) is 1.88. The molecule has 0 aliphatic rings. The van der Waals surface area contributed by atoms with E-state index in [1.165, 1.54) is 0 Å². The van der Waals surface area contributed by atoms with Gasteiger partial charge in [-0.15, -0.1) is 0 Å². The van der Waals surface area contributed by atoms with Crippen molar-refractivity contribution in [2.24, 2.45) is 0 Å². The molecule has 4 heteroatoms. The zero-order chi connectivity index (χ0) is 11.4. The summed E-state index contributed by atoms with van der Waals surface area (Å²) in [7, 11) is 0. The molecule has 4 nitrogen and oxygen atoms in total. The summed E-state index contributed by atoms with van der Waals surface area (Å²) in [4.78, 5) is 4.02. The van der Waals surface area contributed by atoms with Crippen molar-refractivity contribution in [2.45, 2.75) is 26.0 Å². The predicted octanol–water partition coefficient (Wildman–Crippen LogP) is 1.57. The molecule has 0 aromatic carbocycles. The van der Waals surface area contributed by atoms with E-state index >= 15 is 0 Å². The van der Waals surface area contributed by atoms with Gasteiger partial charge in [0.25, 0.3) is 0 Å². The Hall–Kier alpha value is -1.68. The number of pyridine rings is 1. The first-order chi connectivity index (χ1) is 7.79. The Labute approximate surface area is 94.6 Å². The minimum absolute atomic E-state index is 0.510. The van der Waals surface area contributed by atoms with Gasteiger partial charge in [0.2, 0.25) is 0 Å². The van der Waals surface area contributed by atoms with Gasteiger partial charge in [-0.05, 0) is 18.6 Å². The molecule has 1 unspecified atom stereocenters. The van der Waals surface area contributed by atoms with E-state index in [1.807, 2.05) is 29.9 Å². The van der Waals surface area contributed by atoms with Crippen LogP contribution >= 0.6 is 0 Å². The average molecular weight is 217 g/mol. The second kappa shape index (κ2) is 4.90. The second-order valence-electron chi connectivity index (χ2n) is 3.71. The zero-order valence-electron chi connectivity index (χ0n) is 9.24. The number of hydrogen-bond donors (Lipinski definition) is 1. The molecule has 84 valence electrons. The summed E-state index contributed by atoms with van der Waals surface area (Å²) in [5.74, 6) is 0. The normalized spacial score (nSPS) is 12.6. The SMILES string of the molecule is CCn1cc(C(O)Cc2cccnc2)cn1. The summed E-state index contributed by atoms with van der Waals surface area (Å²) < 4.78 is 1.81. The molecule has 0 spiro atoms. The van der Waals surface area contributed by atoms with Crippen LogP contribution < -0.4 is 0 Å². The van der Waals surface area contributed by atoms with Gasteiger partial charge in [-0.1, -0.05) is 6.07 Å². The molecule has 2 heterocycles. The van der Waals surface area contributed by atoms with Gasteiger partial charge in [0.15, 0.2) is 0 Å². The van der Waals surface area contributed by atoms with Gasteiger partial charge in [0.1, 0.15) is 0 Å². The Morgan fingerprint density at radius 2 is 2.31 bits per heavy atom. The van der Waals surface area contributed by atoms with Crippen LogP contribution in [-0.4, -0.2) is 19.9 Å². The zero-order valence-corrected chi connectivity index (χ0v) is 9.24. The third kappa shape index (κ3) is 2.46. The molecule has 2 aromatic rings. The molecule has 0 aliphatic heterocycles. The number of aryl methyl sites for hydroxylation is 1. The van der Waals surface area contributed by atoms with Crippen molar-refractivity contribution in [3.8, 4) is 0 Å². The van der Waals surface area contributed by atoms with E-state index < -0.39 is 6.10 Å². The van der Waals surface area contributed by atoms with Gasteiger partial charge >= 0.3 is 0 Å². The predicted molar refractivity (Wildman–Crippen MR) is 60.8 cm³/mol. The first-order valence-corrected chi connectivity index (χ1v) is 5.39. The van der Waals surface area contributed by atoms with Crippen molar-refractivity contribution < 1.29 is 5.11 Å². The number of aromatic nitrogens is 3. The van der Waals surface area contributed by atoms with Crippen LogP contribution in [0.4, 0.5) is 0 Å². The summed E-state index contributed by atoms with van der Waals surface area (Å²) in [6.07, 6.45) is 7.15. The molecular weight excluding hydrogens is 202 g/mol. The highest BCUT2D eigenvalue weighted by molar-refractivity contribution is 5.15. The van der Waals surface area contributed by atoms with Crippen LogP contribution in [0.15, 0.2) is 36.9 Å². The van der Waals surface area contributed by atoms with Crippen molar-refractivity contribution in [1.29, 1.82) is 0 Å². The third-order valence-electron chi connectivity index (χ3n) is 2.51.